The molecule has 6 nitrogen and oxygen atoms in total. The zero-order chi connectivity index (χ0) is 18.6. The van der Waals surface area contributed by atoms with Crippen molar-refractivity contribution in [3.8, 4) is 5.75 Å². The van der Waals surface area contributed by atoms with E-state index in [0.29, 0.717) is 12.6 Å². The smallest absolute Gasteiger partial charge is 0.234 e. The van der Waals surface area contributed by atoms with Gasteiger partial charge < -0.3 is 20.3 Å². The van der Waals surface area contributed by atoms with Crippen molar-refractivity contribution in [3.05, 3.63) is 29.8 Å². The second kappa shape index (κ2) is 11.4. The van der Waals surface area contributed by atoms with Crippen LogP contribution in [0.1, 0.15) is 37.3 Å². The number of hydrogen-bond acceptors (Lipinski definition) is 5. The molecular weight excluding hydrogens is 411 g/mol. The van der Waals surface area contributed by atoms with E-state index in [0.717, 1.165) is 62.9 Å². The topological polar surface area (TPSA) is 56.8 Å². The monoisotopic (exact) mass is 444 g/mol. The molecule has 1 aliphatic carbocycles. The van der Waals surface area contributed by atoms with Gasteiger partial charge in [0.1, 0.15) is 5.75 Å². The van der Waals surface area contributed by atoms with E-state index in [-0.39, 0.29) is 36.8 Å². The lowest BCUT2D eigenvalue weighted by atomic mass is 10.0. The molecule has 2 heterocycles. The molecule has 0 aromatic heterocycles. The van der Waals surface area contributed by atoms with E-state index < -0.39 is 0 Å². The maximum atomic E-state index is 12.7. The number of nitrogens with zero attached hydrogens (tertiary/aromatic N) is 2. The molecule has 164 valence electrons. The quantitative estimate of drug-likeness (QED) is 0.704. The minimum absolute atomic E-state index is 0. The van der Waals surface area contributed by atoms with Gasteiger partial charge in [-0.2, -0.15) is 0 Å². The number of piperazine rings is 1. The van der Waals surface area contributed by atoms with Crippen molar-refractivity contribution in [1.82, 2.24) is 20.4 Å². The van der Waals surface area contributed by atoms with Gasteiger partial charge in [-0.1, -0.05) is 18.2 Å². The minimum atomic E-state index is 0. The average Bonchev–Trinajstić information content (AvgIpc) is 3.54. The Bertz CT molecular complexity index is 651. The number of likely N-dealkylation sites (tertiary alicyclic amines) is 1. The number of ether oxygens (including phenoxy) is 1. The number of piperidine rings is 1. The summed E-state index contributed by atoms with van der Waals surface area (Å²) in [7, 11) is 1.71. The number of para-hydroxylation sites is 1. The summed E-state index contributed by atoms with van der Waals surface area (Å²) < 4.78 is 5.55. The predicted molar refractivity (Wildman–Crippen MR) is 120 cm³/mol. The van der Waals surface area contributed by atoms with E-state index in [1.54, 1.807) is 7.11 Å². The van der Waals surface area contributed by atoms with Crippen LogP contribution in [0.2, 0.25) is 0 Å². The molecule has 0 radical (unpaired) electrons. The van der Waals surface area contributed by atoms with Gasteiger partial charge in [-0.3, -0.25) is 9.69 Å². The Morgan fingerprint density at radius 3 is 2.55 bits per heavy atom. The molecule has 1 saturated carbocycles. The van der Waals surface area contributed by atoms with Gasteiger partial charge in [0.05, 0.1) is 19.7 Å². The summed E-state index contributed by atoms with van der Waals surface area (Å²) in [5.41, 5.74) is 1.15. The average molecular weight is 445 g/mol. The van der Waals surface area contributed by atoms with Crippen molar-refractivity contribution in [1.29, 1.82) is 0 Å². The number of rotatable bonds is 6. The number of halogens is 2. The van der Waals surface area contributed by atoms with E-state index in [2.05, 4.69) is 26.5 Å². The van der Waals surface area contributed by atoms with Crippen LogP contribution in [0.3, 0.4) is 0 Å². The minimum Gasteiger partial charge on any atom is -0.496 e. The number of carbonyl (C=O) groups excluding carboxylic acids is 1. The number of hydrogen-bond donors (Lipinski definition) is 2. The van der Waals surface area contributed by atoms with Gasteiger partial charge in [-0.05, 0) is 31.7 Å². The molecule has 1 atom stereocenters. The van der Waals surface area contributed by atoms with Crippen LogP contribution in [-0.4, -0.2) is 74.2 Å². The summed E-state index contributed by atoms with van der Waals surface area (Å²) in [5.74, 6) is 1.05. The van der Waals surface area contributed by atoms with Crippen LogP contribution in [0.5, 0.6) is 5.75 Å². The predicted octanol–water partition coefficient (Wildman–Crippen LogP) is 2.23. The van der Waals surface area contributed by atoms with E-state index in [9.17, 15) is 4.79 Å². The summed E-state index contributed by atoms with van der Waals surface area (Å²) in [5, 5.41) is 6.74. The van der Waals surface area contributed by atoms with Crippen LogP contribution in [0.4, 0.5) is 0 Å². The van der Waals surface area contributed by atoms with Crippen molar-refractivity contribution < 1.29 is 9.53 Å². The molecule has 4 rings (SSSR count). The zero-order valence-electron chi connectivity index (χ0n) is 17.1. The molecule has 2 N–H and O–H groups in total. The molecule has 1 aromatic carbocycles. The van der Waals surface area contributed by atoms with Gasteiger partial charge in [-0.25, -0.2) is 0 Å². The van der Waals surface area contributed by atoms with E-state index >= 15 is 0 Å². The summed E-state index contributed by atoms with van der Waals surface area (Å²) >= 11 is 0. The summed E-state index contributed by atoms with van der Waals surface area (Å²) in [6.45, 7) is 5.34. The largest absolute Gasteiger partial charge is 0.496 e. The van der Waals surface area contributed by atoms with Gasteiger partial charge in [0.15, 0.2) is 0 Å². The maximum absolute atomic E-state index is 12.7. The Hall–Kier alpha value is -1.05. The standard InChI is InChI=1S/C21H32N4O2.2ClH/c1-27-20-5-3-2-4-18(20)19-14-22-10-13-25(19)15-21(26)23-16-8-11-24(12-9-16)17-6-7-17;;/h2-5,16-17,19,22H,6-15H2,1H3,(H,23,26);2*1H. The fraction of sp³-hybridized carbons (Fsp3) is 0.667. The Balaban J connectivity index is 0.00000150. The van der Waals surface area contributed by atoms with Gasteiger partial charge >= 0.3 is 0 Å². The van der Waals surface area contributed by atoms with Crippen LogP contribution in [0.15, 0.2) is 24.3 Å². The molecule has 2 aliphatic heterocycles. The molecular formula is C21H34Cl2N4O2. The normalized spacial score (nSPS) is 23.6. The third kappa shape index (κ3) is 6.22. The SMILES string of the molecule is COc1ccccc1C1CNCCN1CC(=O)NC1CCN(C2CC2)CC1.Cl.Cl. The Kier molecular flexibility index (Phi) is 9.50. The van der Waals surface area contributed by atoms with Crippen molar-refractivity contribution in [3.63, 3.8) is 0 Å². The number of benzene rings is 1. The number of carbonyl (C=O) groups is 1. The molecule has 3 aliphatic rings. The first-order valence-electron chi connectivity index (χ1n) is 10.4. The first kappa shape index (κ1) is 24.2. The highest BCUT2D eigenvalue weighted by Crippen LogP contribution is 2.30. The molecule has 8 heteroatoms. The molecule has 1 amide bonds. The Labute approximate surface area is 186 Å². The first-order valence-corrected chi connectivity index (χ1v) is 10.4. The molecule has 29 heavy (non-hydrogen) atoms. The fourth-order valence-electron chi connectivity index (χ4n) is 4.49. The van der Waals surface area contributed by atoms with E-state index in [1.807, 2.05) is 18.2 Å². The lowest BCUT2D eigenvalue weighted by molar-refractivity contribution is -0.124. The molecule has 0 spiro atoms. The Morgan fingerprint density at radius 2 is 1.86 bits per heavy atom. The fourth-order valence-corrected chi connectivity index (χ4v) is 4.49. The zero-order valence-corrected chi connectivity index (χ0v) is 18.8. The summed E-state index contributed by atoms with van der Waals surface area (Å²) in [6, 6.07) is 9.47. The van der Waals surface area contributed by atoms with Crippen LogP contribution in [0, 0.1) is 0 Å². The third-order valence-corrected chi connectivity index (χ3v) is 6.16. The van der Waals surface area contributed by atoms with Crippen LogP contribution < -0.4 is 15.4 Å². The van der Waals surface area contributed by atoms with E-state index in [1.165, 1.54) is 12.8 Å². The number of methoxy groups -OCH3 is 1. The van der Waals surface area contributed by atoms with Gasteiger partial charge in [-0.15, -0.1) is 24.8 Å². The maximum Gasteiger partial charge on any atom is 0.234 e. The summed E-state index contributed by atoms with van der Waals surface area (Å²) in [6.07, 6.45) is 4.90. The molecule has 3 fully saturated rings. The van der Waals surface area contributed by atoms with Crippen LogP contribution in [-0.2, 0) is 4.79 Å². The highest BCUT2D eigenvalue weighted by molar-refractivity contribution is 5.85. The second-order valence-corrected chi connectivity index (χ2v) is 8.04. The lowest BCUT2D eigenvalue weighted by Gasteiger charge is -2.37. The third-order valence-electron chi connectivity index (χ3n) is 6.16. The van der Waals surface area contributed by atoms with Gasteiger partial charge in [0.25, 0.3) is 0 Å². The van der Waals surface area contributed by atoms with Gasteiger partial charge in [0, 0.05) is 50.4 Å². The molecule has 1 unspecified atom stereocenters. The van der Waals surface area contributed by atoms with Crippen molar-refractivity contribution in [2.24, 2.45) is 0 Å². The number of nitrogens with one attached hydrogen (secondary N) is 2. The lowest BCUT2D eigenvalue weighted by Crippen LogP contribution is -2.52. The Morgan fingerprint density at radius 1 is 1.14 bits per heavy atom. The molecule has 0 bridgehead atoms. The highest BCUT2D eigenvalue weighted by atomic mass is 35.5. The van der Waals surface area contributed by atoms with Crippen molar-refractivity contribution >= 4 is 30.7 Å². The van der Waals surface area contributed by atoms with Crippen LogP contribution >= 0.6 is 24.8 Å². The summed E-state index contributed by atoms with van der Waals surface area (Å²) in [4.78, 5) is 17.6. The van der Waals surface area contributed by atoms with E-state index in [4.69, 9.17) is 4.74 Å². The van der Waals surface area contributed by atoms with Crippen LogP contribution in [0.25, 0.3) is 0 Å². The van der Waals surface area contributed by atoms with Crippen molar-refractivity contribution in [2.75, 3.05) is 46.4 Å². The first-order chi connectivity index (χ1) is 13.2. The van der Waals surface area contributed by atoms with Crippen molar-refractivity contribution in [2.45, 2.75) is 43.8 Å². The van der Waals surface area contributed by atoms with Gasteiger partial charge in [0.2, 0.25) is 5.91 Å². The number of amides is 1. The second-order valence-electron chi connectivity index (χ2n) is 8.04. The highest BCUT2D eigenvalue weighted by Gasteiger charge is 2.33. The molecule has 2 saturated heterocycles. The molecule has 1 aromatic rings.